The Kier molecular flexibility index (Phi) is 2.47. The summed E-state index contributed by atoms with van der Waals surface area (Å²) in [4.78, 5) is 8.61. The van der Waals surface area contributed by atoms with E-state index in [1.165, 1.54) is 3.57 Å². The average molecular weight is 336 g/mol. The zero-order valence-corrected chi connectivity index (χ0v) is 11.0. The number of hydrogen-bond acceptors (Lipinski definition) is 3. The Morgan fingerprint density at radius 3 is 2.65 bits per heavy atom. The van der Waals surface area contributed by atoms with Crippen molar-refractivity contribution in [2.24, 2.45) is 0 Å². The van der Waals surface area contributed by atoms with Crippen LogP contribution in [0.2, 0.25) is 0 Å². The van der Waals surface area contributed by atoms with E-state index in [1.54, 1.807) is 6.20 Å². The van der Waals surface area contributed by atoms with Crippen LogP contribution in [-0.2, 0) is 0 Å². The third-order valence-electron chi connectivity index (χ3n) is 2.53. The molecule has 0 spiro atoms. The number of halogens is 1. The zero-order valence-electron chi connectivity index (χ0n) is 8.84. The van der Waals surface area contributed by atoms with Gasteiger partial charge in [0.25, 0.3) is 0 Å². The van der Waals surface area contributed by atoms with Crippen molar-refractivity contribution in [1.82, 2.24) is 14.5 Å². The van der Waals surface area contributed by atoms with E-state index in [2.05, 4.69) is 32.6 Å². The van der Waals surface area contributed by atoms with Crippen molar-refractivity contribution in [3.05, 3.63) is 46.2 Å². The summed E-state index contributed by atoms with van der Waals surface area (Å²) in [6, 6.07) is 11.8. The Morgan fingerprint density at radius 1 is 1.12 bits per heavy atom. The Hall–Kier alpha value is -1.63. The molecule has 0 saturated carbocycles. The number of nitrogens with two attached hydrogens (primary N) is 1. The molecule has 0 unspecified atom stereocenters. The molecule has 2 N–H and O–H groups in total. The van der Waals surface area contributed by atoms with Crippen molar-refractivity contribution in [2.45, 2.75) is 0 Å². The van der Waals surface area contributed by atoms with Crippen molar-refractivity contribution >= 4 is 39.7 Å². The minimum atomic E-state index is 0.458. The monoisotopic (exact) mass is 336 g/mol. The van der Waals surface area contributed by atoms with Gasteiger partial charge in [-0.25, -0.2) is 9.97 Å². The number of nitrogens with zero attached hydrogens (tertiary/aromatic N) is 3. The van der Waals surface area contributed by atoms with Gasteiger partial charge in [0, 0.05) is 9.77 Å². The van der Waals surface area contributed by atoms with Gasteiger partial charge in [-0.05, 0) is 59.0 Å². The van der Waals surface area contributed by atoms with Crippen LogP contribution in [0.4, 0.5) is 5.95 Å². The molecule has 4 nitrogen and oxygen atoms in total. The van der Waals surface area contributed by atoms with E-state index >= 15 is 0 Å². The molecule has 2 heterocycles. The van der Waals surface area contributed by atoms with Gasteiger partial charge in [0.2, 0.25) is 5.95 Å². The van der Waals surface area contributed by atoms with Gasteiger partial charge >= 0.3 is 0 Å². The normalized spacial score (nSPS) is 10.9. The Morgan fingerprint density at radius 2 is 1.88 bits per heavy atom. The third kappa shape index (κ3) is 1.76. The number of anilines is 1. The molecule has 3 rings (SSSR count). The second-order valence-corrected chi connectivity index (χ2v) is 4.87. The first kappa shape index (κ1) is 10.5. The van der Waals surface area contributed by atoms with Gasteiger partial charge in [-0.15, -0.1) is 0 Å². The lowest BCUT2D eigenvalue weighted by atomic mass is 10.3. The van der Waals surface area contributed by atoms with Crippen LogP contribution in [0.5, 0.6) is 0 Å². The van der Waals surface area contributed by atoms with Crippen molar-refractivity contribution in [2.75, 3.05) is 5.73 Å². The fraction of sp³-hybridized carbons (Fsp3) is 0. The first-order chi connectivity index (χ1) is 8.25. The predicted octanol–water partition coefficient (Wildman–Crippen LogP) is 2.61. The van der Waals surface area contributed by atoms with Gasteiger partial charge in [-0.3, -0.25) is 4.57 Å². The molecule has 5 heteroatoms. The number of imidazole rings is 1. The van der Waals surface area contributed by atoms with Gasteiger partial charge in [0.15, 0.2) is 5.65 Å². The molecular formula is C12H9IN4. The molecule has 2 aromatic heterocycles. The Labute approximate surface area is 112 Å². The van der Waals surface area contributed by atoms with Crippen LogP contribution in [0, 0.1) is 3.57 Å². The summed E-state index contributed by atoms with van der Waals surface area (Å²) in [5.74, 6) is 0.458. The fourth-order valence-corrected chi connectivity index (χ4v) is 2.13. The summed E-state index contributed by atoms with van der Waals surface area (Å²) < 4.78 is 3.04. The predicted molar refractivity (Wildman–Crippen MR) is 76.0 cm³/mol. The van der Waals surface area contributed by atoms with Crippen molar-refractivity contribution in [1.29, 1.82) is 0 Å². The minimum absolute atomic E-state index is 0.458. The molecule has 0 aliphatic heterocycles. The number of aromatic nitrogens is 3. The number of pyridine rings is 1. The van der Waals surface area contributed by atoms with Crippen LogP contribution in [-0.4, -0.2) is 14.5 Å². The summed E-state index contributed by atoms with van der Waals surface area (Å²) in [6.45, 7) is 0. The minimum Gasteiger partial charge on any atom is -0.369 e. The van der Waals surface area contributed by atoms with Crippen molar-refractivity contribution < 1.29 is 0 Å². The lowest BCUT2D eigenvalue weighted by molar-refractivity contribution is 1.08. The summed E-state index contributed by atoms with van der Waals surface area (Å²) in [6.07, 6.45) is 1.74. The highest BCUT2D eigenvalue weighted by molar-refractivity contribution is 14.1. The molecule has 0 aliphatic rings. The first-order valence-electron chi connectivity index (χ1n) is 5.10. The van der Waals surface area contributed by atoms with Gasteiger partial charge in [0.05, 0.1) is 5.69 Å². The summed E-state index contributed by atoms with van der Waals surface area (Å²) in [7, 11) is 0. The number of rotatable bonds is 1. The number of hydrogen-bond donors (Lipinski definition) is 1. The highest BCUT2D eigenvalue weighted by Crippen LogP contribution is 2.21. The number of nitrogen functional groups attached to an aromatic ring is 1. The lowest BCUT2D eigenvalue weighted by Crippen LogP contribution is -2.01. The summed E-state index contributed by atoms with van der Waals surface area (Å²) >= 11 is 2.27. The standard InChI is InChI=1S/C12H9IN4/c13-8-3-5-9(6-4-8)17-11-10(16-12(17)14)2-1-7-15-11/h1-7H,(H2,14,16). The first-order valence-corrected chi connectivity index (χ1v) is 6.18. The van der Waals surface area contributed by atoms with Gasteiger partial charge < -0.3 is 5.73 Å². The second-order valence-electron chi connectivity index (χ2n) is 3.63. The maximum Gasteiger partial charge on any atom is 0.207 e. The molecule has 0 radical (unpaired) electrons. The van der Waals surface area contributed by atoms with Crippen LogP contribution in [0.25, 0.3) is 16.9 Å². The molecule has 1 aromatic carbocycles. The zero-order chi connectivity index (χ0) is 11.8. The fourth-order valence-electron chi connectivity index (χ4n) is 1.77. The Balaban J connectivity index is 2.29. The number of fused-ring (bicyclic) bond motifs is 1. The molecule has 0 bridgehead atoms. The number of benzene rings is 1. The molecule has 0 aliphatic carbocycles. The summed E-state index contributed by atoms with van der Waals surface area (Å²) in [5, 5.41) is 0. The largest absolute Gasteiger partial charge is 0.369 e. The van der Waals surface area contributed by atoms with Crippen LogP contribution in [0.3, 0.4) is 0 Å². The third-order valence-corrected chi connectivity index (χ3v) is 3.25. The molecule has 0 amide bonds. The van der Waals surface area contributed by atoms with Crippen LogP contribution in [0.1, 0.15) is 0 Å². The molecule has 0 saturated heterocycles. The van der Waals surface area contributed by atoms with Gasteiger partial charge in [0.1, 0.15) is 5.52 Å². The molecule has 0 fully saturated rings. The van der Waals surface area contributed by atoms with E-state index in [4.69, 9.17) is 5.73 Å². The van der Waals surface area contributed by atoms with E-state index in [1.807, 2.05) is 41.0 Å². The maximum absolute atomic E-state index is 5.93. The van der Waals surface area contributed by atoms with Crippen molar-refractivity contribution in [3.8, 4) is 5.69 Å². The lowest BCUT2D eigenvalue weighted by Gasteiger charge is -2.05. The van der Waals surface area contributed by atoms with E-state index in [-0.39, 0.29) is 0 Å². The second kappa shape index (κ2) is 3.99. The van der Waals surface area contributed by atoms with Crippen LogP contribution < -0.4 is 5.73 Å². The van der Waals surface area contributed by atoms with Gasteiger partial charge in [-0.2, -0.15) is 0 Å². The van der Waals surface area contributed by atoms with Crippen molar-refractivity contribution in [3.63, 3.8) is 0 Å². The molecule has 3 aromatic rings. The van der Waals surface area contributed by atoms with E-state index in [9.17, 15) is 0 Å². The van der Waals surface area contributed by atoms with Crippen LogP contribution in [0.15, 0.2) is 42.6 Å². The average Bonchev–Trinajstić information content (AvgIpc) is 2.66. The smallest absolute Gasteiger partial charge is 0.207 e. The van der Waals surface area contributed by atoms with Crippen LogP contribution >= 0.6 is 22.6 Å². The SMILES string of the molecule is Nc1nc2cccnc2n1-c1ccc(I)cc1. The molecular weight excluding hydrogens is 327 g/mol. The maximum atomic E-state index is 5.93. The molecule has 84 valence electrons. The quantitative estimate of drug-likeness (QED) is 0.695. The topological polar surface area (TPSA) is 56.7 Å². The summed E-state index contributed by atoms with van der Waals surface area (Å²) in [5.41, 5.74) is 8.50. The van der Waals surface area contributed by atoms with E-state index in [0.29, 0.717) is 5.95 Å². The van der Waals surface area contributed by atoms with E-state index in [0.717, 1.165) is 16.9 Å². The molecule has 17 heavy (non-hydrogen) atoms. The van der Waals surface area contributed by atoms with Gasteiger partial charge in [-0.1, -0.05) is 0 Å². The molecule has 0 atom stereocenters. The van der Waals surface area contributed by atoms with E-state index < -0.39 is 0 Å². The highest BCUT2D eigenvalue weighted by Gasteiger charge is 2.09. The Bertz CT molecular complexity index is 673. The highest BCUT2D eigenvalue weighted by atomic mass is 127.